The fourth-order valence-electron chi connectivity index (χ4n) is 2.35. The molecule has 1 unspecified atom stereocenters. The Morgan fingerprint density at radius 2 is 1.84 bits per heavy atom. The summed E-state index contributed by atoms with van der Waals surface area (Å²) in [7, 11) is 0. The first kappa shape index (κ1) is 19.3. The smallest absolute Gasteiger partial charge is 0.319 e. The first-order valence-corrected chi connectivity index (χ1v) is 9.14. The van der Waals surface area contributed by atoms with Gasteiger partial charge in [0.15, 0.2) is 0 Å². The Hall–Kier alpha value is -2.01. The molecule has 0 N–H and O–H groups in total. The van der Waals surface area contributed by atoms with E-state index in [9.17, 15) is 4.79 Å². The molecular weight excluding hydrogens is 334 g/mol. The fourth-order valence-corrected chi connectivity index (χ4v) is 2.64. The predicted molar refractivity (Wildman–Crippen MR) is 102 cm³/mol. The van der Waals surface area contributed by atoms with Crippen LogP contribution in [0.4, 0.5) is 0 Å². The van der Waals surface area contributed by atoms with E-state index in [1.807, 2.05) is 36.5 Å². The number of carbonyl (C=O) groups excluding carboxylic acids is 1. The third-order valence-electron chi connectivity index (χ3n) is 3.83. The topological polar surface area (TPSA) is 48.4 Å². The van der Waals surface area contributed by atoms with Gasteiger partial charge in [-0.3, -0.25) is 9.78 Å². The quantitative estimate of drug-likeness (QED) is 0.548. The summed E-state index contributed by atoms with van der Waals surface area (Å²) in [5.74, 6) is 0.522. The van der Waals surface area contributed by atoms with E-state index in [0.29, 0.717) is 19.6 Å². The fraction of sp³-hybridized carbons (Fsp3) is 0.400. The van der Waals surface area contributed by atoms with Crippen molar-refractivity contribution in [2.24, 2.45) is 0 Å². The number of rotatable bonds is 9. The Kier molecular flexibility index (Phi) is 7.79. The van der Waals surface area contributed by atoms with E-state index in [1.165, 1.54) is 5.56 Å². The first-order chi connectivity index (χ1) is 12.1. The number of aromatic nitrogens is 1. The highest BCUT2D eigenvalue weighted by molar-refractivity contribution is 7.81. The SMILES string of the molecule is CCOC(=O)C(S)Cc1ccc(OCCc2ccc(CC)cn2)cc1. The summed E-state index contributed by atoms with van der Waals surface area (Å²) in [5.41, 5.74) is 3.30. The number of hydrogen-bond acceptors (Lipinski definition) is 5. The summed E-state index contributed by atoms with van der Waals surface area (Å²) >= 11 is 4.29. The number of benzene rings is 1. The first-order valence-electron chi connectivity index (χ1n) is 8.62. The highest BCUT2D eigenvalue weighted by Gasteiger charge is 2.15. The molecule has 0 bridgehead atoms. The van der Waals surface area contributed by atoms with Gasteiger partial charge in [0.05, 0.1) is 13.2 Å². The molecule has 0 aliphatic rings. The zero-order valence-corrected chi connectivity index (χ0v) is 15.7. The molecule has 2 aromatic rings. The van der Waals surface area contributed by atoms with Crippen LogP contribution in [-0.4, -0.2) is 29.4 Å². The van der Waals surface area contributed by atoms with Gasteiger partial charge in [0.2, 0.25) is 0 Å². The van der Waals surface area contributed by atoms with Crippen molar-refractivity contribution in [3.8, 4) is 5.75 Å². The van der Waals surface area contributed by atoms with Gasteiger partial charge in [-0.25, -0.2) is 0 Å². The second-order valence-corrected chi connectivity index (χ2v) is 6.35. The van der Waals surface area contributed by atoms with E-state index in [-0.39, 0.29) is 5.97 Å². The average Bonchev–Trinajstić information content (AvgIpc) is 2.64. The van der Waals surface area contributed by atoms with Gasteiger partial charge in [0.25, 0.3) is 0 Å². The standard InChI is InChI=1S/C20H25NO3S/c1-3-15-5-8-17(21-14-15)11-12-24-18-9-6-16(7-10-18)13-19(25)20(22)23-4-2/h5-10,14,19,25H,3-4,11-13H2,1-2H3. The number of carbonyl (C=O) groups is 1. The van der Waals surface area contributed by atoms with Crippen molar-refractivity contribution >= 4 is 18.6 Å². The number of esters is 1. The lowest BCUT2D eigenvalue weighted by atomic mass is 10.1. The molecule has 1 aromatic carbocycles. The van der Waals surface area contributed by atoms with Gasteiger partial charge in [-0.05, 0) is 49.1 Å². The third kappa shape index (κ3) is 6.42. The zero-order valence-electron chi connectivity index (χ0n) is 14.8. The molecular formula is C20H25NO3S. The van der Waals surface area contributed by atoms with Gasteiger partial charge in [-0.15, -0.1) is 0 Å². The number of hydrogen-bond donors (Lipinski definition) is 1. The molecule has 0 radical (unpaired) electrons. The number of aryl methyl sites for hydroxylation is 1. The van der Waals surface area contributed by atoms with Crippen molar-refractivity contribution in [1.29, 1.82) is 0 Å². The lowest BCUT2D eigenvalue weighted by Gasteiger charge is -2.11. The molecule has 0 spiro atoms. The van der Waals surface area contributed by atoms with Crippen LogP contribution in [0, 0.1) is 0 Å². The molecule has 4 nitrogen and oxygen atoms in total. The Morgan fingerprint density at radius 1 is 1.12 bits per heavy atom. The molecule has 0 fully saturated rings. The lowest BCUT2D eigenvalue weighted by molar-refractivity contribution is -0.142. The van der Waals surface area contributed by atoms with Crippen LogP contribution in [0.15, 0.2) is 42.6 Å². The van der Waals surface area contributed by atoms with Crippen LogP contribution in [0.5, 0.6) is 5.75 Å². The van der Waals surface area contributed by atoms with Crippen LogP contribution in [0.1, 0.15) is 30.7 Å². The minimum atomic E-state index is -0.441. The summed E-state index contributed by atoms with van der Waals surface area (Å²) in [6, 6.07) is 11.9. The molecule has 134 valence electrons. The van der Waals surface area contributed by atoms with E-state index in [4.69, 9.17) is 9.47 Å². The maximum Gasteiger partial charge on any atom is 0.319 e. The van der Waals surface area contributed by atoms with Crippen LogP contribution in [-0.2, 0) is 28.8 Å². The predicted octanol–water partition coefficient (Wildman–Crippen LogP) is 3.67. The summed E-state index contributed by atoms with van der Waals surface area (Å²) in [5, 5.41) is -0.441. The van der Waals surface area contributed by atoms with Crippen LogP contribution < -0.4 is 4.74 Å². The minimum absolute atomic E-state index is 0.284. The molecule has 0 amide bonds. The summed E-state index contributed by atoms with van der Waals surface area (Å²) in [4.78, 5) is 16.0. The van der Waals surface area contributed by atoms with Gasteiger partial charge in [-0.2, -0.15) is 12.6 Å². The second kappa shape index (κ2) is 10.1. The van der Waals surface area contributed by atoms with Gasteiger partial charge in [-0.1, -0.05) is 25.1 Å². The number of thiol groups is 1. The number of ether oxygens (including phenoxy) is 2. The maximum atomic E-state index is 11.6. The van der Waals surface area contributed by atoms with Crippen LogP contribution >= 0.6 is 12.6 Å². The summed E-state index contributed by atoms with van der Waals surface area (Å²) < 4.78 is 10.7. The van der Waals surface area contributed by atoms with Crippen LogP contribution in [0.3, 0.4) is 0 Å². The van der Waals surface area contributed by atoms with Gasteiger partial charge >= 0.3 is 5.97 Å². The van der Waals surface area contributed by atoms with Gasteiger partial charge < -0.3 is 9.47 Å². The Labute approximate surface area is 155 Å². The number of nitrogens with zero attached hydrogens (tertiary/aromatic N) is 1. The molecule has 25 heavy (non-hydrogen) atoms. The summed E-state index contributed by atoms with van der Waals surface area (Å²) in [6.45, 7) is 4.86. The molecule has 1 heterocycles. The average molecular weight is 359 g/mol. The lowest BCUT2D eigenvalue weighted by Crippen LogP contribution is -2.20. The highest BCUT2D eigenvalue weighted by atomic mass is 32.1. The van der Waals surface area contributed by atoms with Crippen molar-refractivity contribution in [2.45, 2.75) is 38.4 Å². The molecule has 5 heteroatoms. The van der Waals surface area contributed by atoms with Gasteiger partial charge in [0, 0.05) is 18.3 Å². The van der Waals surface area contributed by atoms with Crippen LogP contribution in [0.2, 0.25) is 0 Å². The van der Waals surface area contributed by atoms with Crippen molar-refractivity contribution in [3.63, 3.8) is 0 Å². The van der Waals surface area contributed by atoms with E-state index in [1.54, 1.807) is 6.92 Å². The molecule has 1 atom stereocenters. The molecule has 0 aliphatic carbocycles. The minimum Gasteiger partial charge on any atom is -0.493 e. The van der Waals surface area contributed by atoms with Crippen molar-refractivity contribution < 1.29 is 14.3 Å². The largest absolute Gasteiger partial charge is 0.493 e. The third-order valence-corrected chi connectivity index (χ3v) is 4.23. The number of pyridine rings is 1. The Bertz CT molecular complexity index is 656. The van der Waals surface area contributed by atoms with E-state index >= 15 is 0 Å². The molecule has 2 rings (SSSR count). The Morgan fingerprint density at radius 3 is 2.44 bits per heavy atom. The monoisotopic (exact) mass is 359 g/mol. The molecule has 0 aliphatic heterocycles. The van der Waals surface area contributed by atoms with E-state index < -0.39 is 5.25 Å². The van der Waals surface area contributed by atoms with Crippen molar-refractivity contribution in [1.82, 2.24) is 4.98 Å². The summed E-state index contributed by atoms with van der Waals surface area (Å²) in [6.07, 6.45) is 4.23. The van der Waals surface area contributed by atoms with E-state index in [2.05, 4.69) is 30.6 Å². The highest BCUT2D eigenvalue weighted by Crippen LogP contribution is 2.16. The molecule has 0 saturated heterocycles. The maximum absolute atomic E-state index is 11.6. The van der Waals surface area contributed by atoms with Gasteiger partial charge in [0.1, 0.15) is 11.0 Å². The van der Waals surface area contributed by atoms with Crippen LogP contribution in [0.25, 0.3) is 0 Å². The molecule has 0 saturated carbocycles. The van der Waals surface area contributed by atoms with Crippen molar-refractivity contribution in [2.75, 3.05) is 13.2 Å². The zero-order chi connectivity index (χ0) is 18.1. The second-order valence-electron chi connectivity index (χ2n) is 5.73. The molecule has 1 aromatic heterocycles. The normalized spacial score (nSPS) is 11.8. The van der Waals surface area contributed by atoms with Crippen molar-refractivity contribution in [3.05, 3.63) is 59.4 Å². The Balaban J connectivity index is 1.78. The van der Waals surface area contributed by atoms with E-state index in [0.717, 1.165) is 29.8 Å².